The zero-order valence-corrected chi connectivity index (χ0v) is 12.8. The fraction of sp³-hybridized carbons (Fsp3) is 0.588. The lowest BCUT2D eigenvalue weighted by molar-refractivity contribution is -0.136. The quantitative estimate of drug-likeness (QED) is 0.899. The molecule has 4 heteroatoms. The minimum Gasteiger partial charge on any atom is -0.370 e. The zero-order valence-electron chi connectivity index (χ0n) is 12.0. The SMILES string of the molecule is NC(=O)C1(Nc2ccccc2Cl)C2CC3CC(C2)CC1C3. The summed E-state index contributed by atoms with van der Waals surface area (Å²) < 4.78 is 0. The molecule has 1 aromatic carbocycles. The van der Waals surface area contributed by atoms with Gasteiger partial charge in [0.2, 0.25) is 5.91 Å². The number of primary amides is 1. The van der Waals surface area contributed by atoms with Crippen molar-refractivity contribution < 1.29 is 4.79 Å². The molecule has 4 bridgehead atoms. The van der Waals surface area contributed by atoms with E-state index in [9.17, 15) is 4.79 Å². The van der Waals surface area contributed by atoms with Gasteiger partial charge in [0, 0.05) is 0 Å². The predicted octanol–water partition coefficient (Wildman–Crippen LogP) is 3.43. The standard InChI is InChI=1S/C17H21ClN2O/c18-14-3-1-2-4-15(14)20-17(16(19)21)12-6-10-5-11(8-12)9-13(17)7-10/h1-4,10-13,20H,5-9H2,(H2,19,21). The van der Waals surface area contributed by atoms with Crippen LogP contribution in [0.3, 0.4) is 0 Å². The molecule has 0 spiro atoms. The maximum absolute atomic E-state index is 12.4. The van der Waals surface area contributed by atoms with Crippen molar-refractivity contribution in [1.29, 1.82) is 0 Å². The molecule has 0 radical (unpaired) electrons. The van der Waals surface area contributed by atoms with Gasteiger partial charge in [0.1, 0.15) is 5.54 Å². The van der Waals surface area contributed by atoms with E-state index in [2.05, 4.69) is 5.32 Å². The number of benzene rings is 1. The van der Waals surface area contributed by atoms with E-state index in [0.717, 1.165) is 43.2 Å². The van der Waals surface area contributed by atoms with Gasteiger partial charge in [-0.3, -0.25) is 4.79 Å². The van der Waals surface area contributed by atoms with E-state index in [0.29, 0.717) is 16.9 Å². The number of carbonyl (C=O) groups is 1. The molecular weight excluding hydrogens is 284 g/mol. The van der Waals surface area contributed by atoms with Crippen molar-refractivity contribution in [3.8, 4) is 0 Å². The minimum atomic E-state index is -0.599. The number of nitrogens with one attached hydrogen (secondary N) is 1. The number of anilines is 1. The van der Waals surface area contributed by atoms with Crippen molar-refractivity contribution in [2.24, 2.45) is 29.4 Å². The lowest BCUT2D eigenvalue weighted by Gasteiger charge is -2.60. The molecule has 21 heavy (non-hydrogen) atoms. The van der Waals surface area contributed by atoms with Crippen LogP contribution in [0, 0.1) is 23.7 Å². The van der Waals surface area contributed by atoms with Gasteiger partial charge >= 0.3 is 0 Å². The van der Waals surface area contributed by atoms with E-state index in [4.69, 9.17) is 17.3 Å². The molecule has 1 aromatic rings. The highest BCUT2D eigenvalue weighted by molar-refractivity contribution is 6.33. The normalized spacial score (nSPS) is 40.2. The Labute approximate surface area is 130 Å². The molecule has 4 fully saturated rings. The Morgan fingerprint density at radius 2 is 1.67 bits per heavy atom. The van der Waals surface area contributed by atoms with E-state index in [1.807, 2.05) is 24.3 Å². The molecule has 0 aliphatic heterocycles. The maximum atomic E-state index is 12.4. The molecule has 3 N–H and O–H groups in total. The van der Waals surface area contributed by atoms with Gasteiger partial charge in [-0.25, -0.2) is 0 Å². The molecule has 3 nitrogen and oxygen atoms in total. The van der Waals surface area contributed by atoms with Crippen LogP contribution in [0.25, 0.3) is 0 Å². The van der Waals surface area contributed by atoms with Crippen molar-refractivity contribution in [2.45, 2.75) is 37.6 Å². The first-order valence-electron chi connectivity index (χ1n) is 7.92. The van der Waals surface area contributed by atoms with E-state index in [1.54, 1.807) is 0 Å². The van der Waals surface area contributed by atoms with Crippen LogP contribution in [0.5, 0.6) is 0 Å². The van der Waals surface area contributed by atoms with Gasteiger partial charge in [-0.05, 0) is 67.9 Å². The van der Waals surface area contributed by atoms with Gasteiger partial charge in [0.15, 0.2) is 0 Å². The van der Waals surface area contributed by atoms with Gasteiger partial charge in [0.25, 0.3) is 0 Å². The van der Waals surface area contributed by atoms with Crippen LogP contribution in [0.1, 0.15) is 32.1 Å². The topological polar surface area (TPSA) is 55.1 Å². The number of hydrogen-bond donors (Lipinski definition) is 2. The molecule has 0 aromatic heterocycles. The molecular formula is C17H21ClN2O. The summed E-state index contributed by atoms with van der Waals surface area (Å²) in [6.07, 6.45) is 5.88. The summed E-state index contributed by atoms with van der Waals surface area (Å²) >= 11 is 6.29. The largest absolute Gasteiger partial charge is 0.370 e. The van der Waals surface area contributed by atoms with Crippen molar-refractivity contribution in [2.75, 3.05) is 5.32 Å². The molecule has 0 heterocycles. The van der Waals surface area contributed by atoms with Crippen LogP contribution in [0.2, 0.25) is 5.02 Å². The highest BCUT2D eigenvalue weighted by Gasteiger charge is 2.60. The second-order valence-electron chi connectivity index (χ2n) is 7.14. The Balaban J connectivity index is 1.74. The highest BCUT2D eigenvalue weighted by Crippen LogP contribution is 2.59. The van der Waals surface area contributed by atoms with Gasteiger partial charge in [0.05, 0.1) is 10.7 Å². The monoisotopic (exact) mass is 304 g/mol. The minimum absolute atomic E-state index is 0.198. The third kappa shape index (κ3) is 1.90. The fourth-order valence-electron chi connectivity index (χ4n) is 5.38. The second-order valence-corrected chi connectivity index (χ2v) is 7.55. The molecule has 0 atom stereocenters. The molecule has 4 saturated carbocycles. The van der Waals surface area contributed by atoms with Crippen LogP contribution in [-0.2, 0) is 4.79 Å². The highest BCUT2D eigenvalue weighted by atomic mass is 35.5. The summed E-state index contributed by atoms with van der Waals surface area (Å²) in [4.78, 5) is 12.4. The molecule has 0 saturated heterocycles. The molecule has 1 amide bonds. The van der Waals surface area contributed by atoms with E-state index >= 15 is 0 Å². The summed E-state index contributed by atoms with van der Waals surface area (Å²) in [5.41, 5.74) is 6.15. The first kappa shape index (κ1) is 13.4. The van der Waals surface area contributed by atoms with Crippen molar-refractivity contribution in [3.63, 3.8) is 0 Å². The lowest BCUT2D eigenvalue weighted by atomic mass is 9.48. The summed E-state index contributed by atoms with van der Waals surface area (Å²) in [6.45, 7) is 0. The number of halogens is 1. The van der Waals surface area contributed by atoms with Crippen LogP contribution < -0.4 is 11.1 Å². The average molecular weight is 305 g/mol. The van der Waals surface area contributed by atoms with Crippen molar-refractivity contribution in [3.05, 3.63) is 29.3 Å². The fourth-order valence-corrected chi connectivity index (χ4v) is 5.56. The van der Waals surface area contributed by atoms with Crippen molar-refractivity contribution >= 4 is 23.2 Å². The van der Waals surface area contributed by atoms with Gasteiger partial charge in [-0.2, -0.15) is 0 Å². The molecule has 5 rings (SSSR count). The first-order valence-corrected chi connectivity index (χ1v) is 8.30. The molecule has 0 unspecified atom stereocenters. The number of para-hydroxylation sites is 1. The Morgan fingerprint density at radius 1 is 1.10 bits per heavy atom. The molecule has 4 aliphatic carbocycles. The lowest BCUT2D eigenvalue weighted by Crippen LogP contribution is -2.67. The van der Waals surface area contributed by atoms with Crippen LogP contribution >= 0.6 is 11.6 Å². The summed E-state index contributed by atoms with van der Waals surface area (Å²) in [5.74, 6) is 2.13. The molecule has 4 aliphatic rings. The van der Waals surface area contributed by atoms with Gasteiger partial charge in [-0.15, -0.1) is 0 Å². The molecule has 112 valence electrons. The van der Waals surface area contributed by atoms with E-state index < -0.39 is 5.54 Å². The van der Waals surface area contributed by atoms with Crippen LogP contribution in [0.4, 0.5) is 5.69 Å². The Morgan fingerprint density at radius 3 is 2.19 bits per heavy atom. The smallest absolute Gasteiger partial charge is 0.243 e. The number of hydrogen-bond acceptors (Lipinski definition) is 2. The average Bonchev–Trinajstić information content (AvgIpc) is 2.44. The van der Waals surface area contributed by atoms with Crippen LogP contribution in [0.15, 0.2) is 24.3 Å². The Hall–Kier alpha value is -1.22. The van der Waals surface area contributed by atoms with Crippen LogP contribution in [-0.4, -0.2) is 11.4 Å². The number of carbonyl (C=O) groups excluding carboxylic acids is 1. The van der Waals surface area contributed by atoms with E-state index in [1.165, 1.54) is 6.42 Å². The summed E-state index contributed by atoms with van der Waals surface area (Å²) in [5, 5.41) is 4.16. The predicted molar refractivity (Wildman–Crippen MR) is 84.0 cm³/mol. The number of amides is 1. The Kier molecular flexibility index (Phi) is 2.97. The summed E-state index contributed by atoms with van der Waals surface area (Å²) in [7, 11) is 0. The van der Waals surface area contributed by atoms with Gasteiger partial charge < -0.3 is 11.1 Å². The van der Waals surface area contributed by atoms with Gasteiger partial charge in [-0.1, -0.05) is 23.7 Å². The number of rotatable bonds is 3. The second kappa shape index (κ2) is 4.64. The zero-order chi connectivity index (χ0) is 14.6. The third-order valence-electron chi connectivity index (χ3n) is 6.05. The Bertz CT molecular complexity index is 558. The number of nitrogens with two attached hydrogens (primary N) is 1. The maximum Gasteiger partial charge on any atom is 0.243 e. The summed E-state index contributed by atoms with van der Waals surface area (Å²) in [6, 6.07) is 7.65. The van der Waals surface area contributed by atoms with Crippen molar-refractivity contribution in [1.82, 2.24) is 0 Å². The third-order valence-corrected chi connectivity index (χ3v) is 6.38. The van der Waals surface area contributed by atoms with E-state index in [-0.39, 0.29) is 5.91 Å². The first-order chi connectivity index (χ1) is 10.1.